The average molecular weight is 414 g/mol. The number of nitrogens with zero attached hydrogens (tertiary/aromatic N) is 2. The summed E-state index contributed by atoms with van der Waals surface area (Å²) in [5, 5.41) is 9.87. The summed E-state index contributed by atoms with van der Waals surface area (Å²) in [6.07, 6.45) is 3.65. The Morgan fingerprint density at radius 3 is 2.72 bits per heavy atom. The largest absolute Gasteiger partial charge is 0.355 e. The molecule has 1 aliphatic rings. The predicted octanol–water partition coefficient (Wildman–Crippen LogP) is 2.62. The van der Waals surface area contributed by atoms with E-state index in [1.165, 1.54) is 35.2 Å². The Morgan fingerprint density at radius 1 is 1.21 bits per heavy atom. The molecule has 7 nitrogen and oxygen atoms in total. The number of thiophene rings is 1. The van der Waals surface area contributed by atoms with Crippen LogP contribution >= 0.6 is 11.3 Å². The lowest BCUT2D eigenvalue weighted by atomic mass is 9.95. The minimum atomic E-state index is -0.722. The predicted molar refractivity (Wildman–Crippen MR) is 109 cm³/mol. The second-order valence-electron chi connectivity index (χ2n) is 6.91. The van der Waals surface area contributed by atoms with Crippen LogP contribution in [0, 0.1) is 5.82 Å². The van der Waals surface area contributed by atoms with Crippen LogP contribution in [0.15, 0.2) is 23.0 Å². The van der Waals surface area contributed by atoms with Crippen molar-refractivity contribution in [3.63, 3.8) is 0 Å². The molecule has 1 aromatic carbocycles. The van der Waals surface area contributed by atoms with Gasteiger partial charge in [-0.15, -0.1) is 11.3 Å². The molecule has 0 spiro atoms. The fourth-order valence-electron chi connectivity index (χ4n) is 3.68. The normalized spacial score (nSPS) is 13.2. The zero-order chi connectivity index (χ0) is 20.7. The fourth-order valence-corrected chi connectivity index (χ4v) is 4.96. The molecule has 0 unspecified atom stereocenters. The summed E-state index contributed by atoms with van der Waals surface area (Å²) in [6, 6.07) is 3.77. The molecule has 0 bridgehead atoms. The Labute approximate surface area is 169 Å². The van der Waals surface area contributed by atoms with Crippen LogP contribution in [0.4, 0.5) is 9.39 Å². The molecule has 0 aliphatic heterocycles. The van der Waals surface area contributed by atoms with E-state index >= 15 is 0 Å². The van der Waals surface area contributed by atoms with Gasteiger partial charge in [-0.3, -0.25) is 19.1 Å². The molecule has 0 saturated carbocycles. The summed E-state index contributed by atoms with van der Waals surface area (Å²) >= 11 is 1.36. The highest BCUT2D eigenvalue weighted by molar-refractivity contribution is 7.17. The number of aryl methyl sites for hydroxylation is 2. The molecule has 0 atom stereocenters. The van der Waals surface area contributed by atoms with Crippen LogP contribution in [0.25, 0.3) is 10.9 Å². The first kappa shape index (κ1) is 19.3. The number of anilines is 1. The van der Waals surface area contributed by atoms with Crippen molar-refractivity contribution in [3.8, 4) is 0 Å². The lowest BCUT2D eigenvalue weighted by molar-refractivity contribution is 0.0963. The number of carbonyl (C=O) groups is 2. The number of amides is 2. The number of nitrogens with one attached hydrogen (secondary N) is 2. The maximum Gasteiger partial charge on any atom is 0.280 e. The molecule has 1 aliphatic carbocycles. The van der Waals surface area contributed by atoms with E-state index in [0.717, 1.165) is 42.2 Å². The monoisotopic (exact) mass is 414 g/mol. The second-order valence-corrected chi connectivity index (χ2v) is 8.02. The van der Waals surface area contributed by atoms with Crippen molar-refractivity contribution in [1.29, 1.82) is 0 Å². The van der Waals surface area contributed by atoms with Crippen LogP contribution in [-0.2, 0) is 19.9 Å². The highest BCUT2D eigenvalue weighted by Gasteiger charge is 2.27. The molecule has 4 rings (SSSR count). The lowest BCUT2D eigenvalue weighted by Gasteiger charge is -2.12. The molecule has 3 aromatic rings. The molecule has 2 heterocycles. The average Bonchev–Trinajstić information content (AvgIpc) is 3.07. The molecular weight excluding hydrogens is 395 g/mol. The van der Waals surface area contributed by atoms with Crippen molar-refractivity contribution in [1.82, 2.24) is 15.1 Å². The van der Waals surface area contributed by atoms with Crippen molar-refractivity contribution in [2.24, 2.45) is 7.05 Å². The van der Waals surface area contributed by atoms with Gasteiger partial charge in [0.25, 0.3) is 11.8 Å². The van der Waals surface area contributed by atoms with Gasteiger partial charge in [0.05, 0.1) is 16.5 Å². The third-order valence-electron chi connectivity index (χ3n) is 5.08. The molecule has 29 heavy (non-hydrogen) atoms. The molecule has 0 radical (unpaired) electrons. The number of hydrogen-bond donors (Lipinski definition) is 2. The molecular formula is C20H19FN4O3S. The zero-order valence-corrected chi connectivity index (χ0v) is 16.8. The molecule has 2 amide bonds. The summed E-state index contributed by atoms with van der Waals surface area (Å²) < 4.78 is 15.0. The number of fused-ring (bicyclic) bond motifs is 2. The molecule has 2 aromatic heterocycles. The van der Waals surface area contributed by atoms with E-state index in [2.05, 4.69) is 15.7 Å². The van der Waals surface area contributed by atoms with E-state index < -0.39 is 17.2 Å². The second kappa shape index (κ2) is 7.40. The van der Waals surface area contributed by atoms with Crippen molar-refractivity contribution in [2.75, 3.05) is 12.4 Å². The Balaban J connectivity index is 1.78. The van der Waals surface area contributed by atoms with Gasteiger partial charge < -0.3 is 10.6 Å². The summed E-state index contributed by atoms with van der Waals surface area (Å²) in [6.45, 7) is 0. The Kier molecular flexibility index (Phi) is 4.91. The first-order valence-corrected chi connectivity index (χ1v) is 10.1. The minimum Gasteiger partial charge on any atom is -0.355 e. The van der Waals surface area contributed by atoms with Crippen LogP contribution < -0.4 is 16.1 Å². The van der Waals surface area contributed by atoms with E-state index in [1.807, 2.05) is 0 Å². The summed E-state index contributed by atoms with van der Waals surface area (Å²) in [4.78, 5) is 39.2. The summed E-state index contributed by atoms with van der Waals surface area (Å²) in [5.41, 5.74) is 0.824. The van der Waals surface area contributed by atoms with Crippen molar-refractivity contribution >= 4 is 39.1 Å². The van der Waals surface area contributed by atoms with Crippen LogP contribution in [0.2, 0.25) is 0 Å². The Morgan fingerprint density at radius 2 is 1.97 bits per heavy atom. The maximum absolute atomic E-state index is 13.6. The Hall–Kier alpha value is -3.07. The third-order valence-corrected chi connectivity index (χ3v) is 6.29. The van der Waals surface area contributed by atoms with Gasteiger partial charge in [0.15, 0.2) is 5.69 Å². The van der Waals surface area contributed by atoms with E-state index in [1.54, 1.807) is 7.05 Å². The third kappa shape index (κ3) is 3.31. The number of aromatic nitrogens is 2. The smallest absolute Gasteiger partial charge is 0.280 e. The van der Waals surface area contributed by atoms with Gasteiger partial charge >= 0.3 is 0 Å². The summed E-state index contributed by atoms with van der Waals surface area (Å²) in [5.74, 6) is -1.57. The molecule has 0 fully saturated rings. The zero-order valence-electron chi connectivity index (χ0n) is 16.0. The maximum atomic E-state index is 13.6. The first-order chi connectivity index (χ1) is 13.9. The van der Waals surface area contributed by atoms with E-state index in [-0.39, 0.29) is 17.0 Å². The van der Waals surface area contributed by atoms with Gasteiger partial charge in [-0.1, -0.05) is 0 Å². The number of benzene rings is 1. The summed E-state index contributed by atoms with van der Waals surface area (Å²) in [7, 11) is 3.12. The van der Waals surface area contributed by atoms with Gasteiger partial charge in [-0.25, -0.2) is 4.39 Å². The van der Waals surface area contributed by atoms with Crippen molar-refractivity contribution in [3.05, 3.63) is 55.9 Å². The molecule has 0 saturated heterocycles. The SMILES string of the molecule is CNC(=O)c1c(NC(=O)c2nn(C)c3ccc(F)cc3c2=O)sc2c1CCCC2. The van der Waals surface area contributed by atoms with Gasteiger partial charge in [0, 0.05) is 19.0 Å². The minimum absolute atomic E-state index is 0.0737. The number of halogens is 1. The van der Waals surface area contributed by atoms with Crippen molar-refractivity contribution in [2.45, 2.75) is 25.7 Å². The van der Waals surface area contributed by atoms with E-state index in [0.29, 0.717) is 16.1 Å². The lowest BCUT2D eigenvalue weighted by Crippen LogP contribution is -2.27. The Bertz CT molecular complexity index is 1210. The number of rotatable bonds is 3. The standard InChI is InChI=1S/C20H19FN4O3S/c1-22-18(27)15-11-5-3-4-6-14(11)29-20(15)23-19(28)16-17(26)12-9-10(21)7-8-13(12)25(2)24-16/h7-9H,3-6H2,1-2H3,(H,22,27)(H,23,28). The van der Waals surface area contributed by atoms with E-state index in [9.17, 15) is 18.8 Å². The van der Waals surface area contributed by atoms with Crippen LogP contribution in [0.5, 0.6) is 0 Å². The van der Waals surface area contributed by atoms with Crippen LogP contribution in [-0.4, -0.2) is 28.6 Å². The number of hydrogen-bond acceptors (Lipinski definition) is 5. The van der Waals surface area contributed by atoms with Gasteiger partial charge in [0.2, 0.25) is 5.43 Å². The first-order valence-electron chi connectivity index (χ1n) is 9.25. The highest BCUT2D eigenvalue weighted by atomic mass is 32.1. The van der Waals surface area contributed by atoms with Gasteiger partial charge in [-0.05, 0) is 49.4 Å². The highest BCUT2D eigenvalue weighted by Crippen LogP contribution is 2.38. The van der Waals surface area contributed by atoms with Gasteiger partial charge in [-0.2, -0.15) is 5.10 Å². The molecule has 150 valence electrons. The number of carbonyl (C=O) groups excluding carboxylic acids is 2. The van der Waals surface area contributed by atoms with Crippen LogP contribution in [0.3, 0.4) is 0 Å². The molecule has 9 heteroatoms. The van der Waals surface area contributed by atoms with Crippen molar-refractivity contribution < 1.29 is 14.0 Å². The topological polar surface area (TPSA) is 93.1 Å². The quantitative estimate of drug-likeness (QED) is 0.689. The van der Waals surface area contributed by atoms with Gasteiger partial charge in [0.1, 0.15) is 10.8 Å². The molecule has 2 N–H and O–H groups in total. The van der Waals surface area contributed by atoms with E-state index in [4.69, 9.17) is 0 Å². The van der Waals surface area contributed by atoms with Crippen LogP contribution in [0.1, 0.15) is 44.1 Å². The fraction of sp³-hybridized carbons (Fsp3) is 0.300.